The van der Waals surface area contributed by atoms with Gasteiger partial charge in [-0.25, -0.2) is 0 Å². The molecule has 0 aliphatic carbocycles. The summed E-state index contributed by atoms with van der Waals surface area (Å²) < 4.78 is 10.4. The Balaban J connectivity index is 1.62. The molecule has 0 aliphatic rings. The smallest absolute Gasteiger partial charge is 0.255 e. The first-order chi connectivity index (χ1) is 15.9. The van der Waals surface area contributed by atoms with Gasteiger partial charge in [0.2, 0.25) is 0 Å². The van der Waals surface area contributed by atoms with Gasteiger partial charge < -0.3 is 25.0 Å². The maximum absolute atomic E-state index is 12.7. The summed E-state index contributed by atoms with van der Waals surface area (Å²) in [6, 6.07) is 19.9. The van der Waals surface area contributed by atoms with Gasteiger partial charge in [-0.1, -0.05) is 24.3 Å². The minimum absolute atomic E-state index is 0.207. The molecule has 0 saturated carbocycles. The molecule has 0 saturated heterocycles. The normalized spacial score (nSPS) is 10.6. The minimum atomic E-state index is -0.264. The van der Waals surface area contributed by atoms with E-state index in [1.165, 1.54) is 19.8 Å². The number of benzene rings is 3. The number of hydrogen-bond donors (Lipinski definition) is 2. The lowest BCUT2D eigenvalue weighted by Gasteiger charge is -2.11. The average Bonchev–Trinajstić information content (AvgIpc) is 2.83. The van der Waals surface area contributed by atoms with E-state index in [0.717, 1.165) is 17.8 Å². The highest BCUT2D eigenvalue weighted by atomic mass is 16.5. The van der Waals surface area contributed by atoms with Crippen LogP contribution >= 0.6 is 0 Å². The molecule has 2 N–H and O–H groups in total. The van der Waals surface area contributed by atoms with Crippen molar-refractivity contribution in [1.29, 1.82) is 0 Å². The third-order valence-electron chi connectivity index (χ3n) is 4.97. The Bertz CT molecular complexity index is 1090. The van der Waals surface area contributed by atoms with Crippen molar-refractivity contribution in [3.05, 3.63) is 89.0 Å². The van der Waals surface area contributed by atoms with Gasteiger partial charge in [-0.15, -0.1) is 0 Å². The Labute approximate surface area is 194 Å². The first-order valence-corrected chi connectivity index (χ1v) is 10.5. The van der Waals surface area contributed by atoms with Gasteiger partial charge in [0.15, 0.2) is 0 Å². The van der Waals surface area contributed by atoms with Crippen molar-refractivity contribution >= 4 is 17.5 Å². The third-order valence-corrected chi connectivity index (χ3v) is 4.97. The molecule has 0 heterocycles. The van der Waals surface area contributed by atoms with Crippen LogP contribution in [0.15, 0.2) is 66.7 Å². The van der Waals surface area contributed by atoms with E-state index >= 15 is 0 Å². The van der Waals surface area contributed by atoms with Gasteiger partial charge in [0.25, 0.3) is 11.8 Å². The fourth-order valence-electron chi connectivity index (χ4n) is 3.31. The van der Waals surface area contributed by atoms with Gasteiger partial charge in [-0.3, -0.25) is 9.59 Å². The van der Waals surface area contributed by atoms with Crippen LogP contribution in [0.1, 0.15) is 31.8 Å². The van der Waals surface area contributed by atoms with Gasteiger partial charge >= 0.3 is 0 Å². The molecule has 0 bridgehead atoms. The maximum Gasteiger partial charge on any atom is 0.255 e. The first-order valence-electron chi connectivity index (χ1n) is 10.5. The Morgan fingerprint density at radius 1 is 0.788 bits per heavy atom. The number of hydrogen-bond acceptors (Lipinski definition) is 5. The topological polar surface area (TPSA) is 79.9 Å². The van der Waals surface area contributed by atoms with Crippen molar-refractivity contribution in [1.82, 2.24) is 10.2 Å². The molecule has 0 fully saturated rings. The zero-order valence-corrected chi connectivity index (χ0v) is 19.3. The van der Waals surface area contributed by atoms with E-state index in [-0.39, 0.29) is 18.4 Å². The molecule has 3 aromatic carbocycles. The molecule has 0 spiro atoms. The van der Waals surface area contributed by atoms with Crippen molar-refractivity contribution in [3.8, 4) is 11.5 Å². The van der Waals surface area contributed by atoms with E-state index in [9.17, 15) is 9.59 Å². The molecule has 172 valence electrons. The number of carbonyl (C=O) groups is 2. The van der Waals surface area contributed by atoms with Crippen molar-refractivity contribution in [2.24, 2.45) is 0 Å². The second-order valence-electron chi connectivity index (χ2n) is 7.87. The van der Waals surface area contributed by atoms with E-state index in [1.807, 2.05) is 44.4 Å². The van der Waals surface area contributed by atoms with Crippen LogP contribution in [-0.4, -0.2) is 45.0 Å². The molecular formula is C26H29N3O4. The second-order valence-corrected chi connectivity index (χ2v) is 7.87. The maximum atomic E-state index is 12.7. The fraction of sp³-hybridized carbons (Fsp3) is 0.231. The highest BCUT2D eigenvalue weighted by Gasteiger charge is 2.11. The van der Waals surface area contributed by atoms with E-state index in [1.54, 1.807) is 36.4 Å². The fourth-order valence-corrected chi connectivity index (χ4v) is 3.31. The standard InChI is InChI=1S/C26H29N3O4/c1-29(2)17-18-8-10-22(11-9-18)28-26(31)20-7-5-6-19(12-20)16-27-25(30)21-13-23(32-3)15-24(14-21)33-4/h5-15H,16-17H2,1-4H3,(H,27,30)(H,28,31). The summed E-state index contributed by atoms with van der Waals surface area (Å²) in [5, 5.41) is 5.78. The molecule has 0 atom stereocenters. The molecule has 7 heteroatoms. The number of nitrogens with one attached hydrogen (secondary N) is 2. The predicted octanol–water partition coefficient (Wildman–Crippen LogP) is 3.95. The van der Waals surface area contributed by atoms with Crippen molar-refractivity contribution in [3.63, 3.8) is 0 Å². The monoisotopic (exact) mass is 447 g/mol. The van der Waals surface area contributed by atoms with E-state index in [0.29, 0.717) is 22.6 Å². The van der Waals surface area contributed by atoms with Gasteiger partial charge in [0, 0.05) is 36.0 Å². The number of anilines is 1. The van der Waals surface area contributed by atoms with Crippen LogP contribution in [0.2, 0.25) is 0 Å². The molecular weight excluding hydrogens is 418 g/mol. The lowest BCUT2D eigenvalue weighted by atomic mass is 10.1. The lowest BCUT2D eigenvalue weighted by molar-refractivity contribution is 0.0949. The summed E-state index contributed by atoms with van der Waals surface area (Å²) in [4.78, 5) is 27.4. The van der Waals surface area contributed by atoms with Gasteiger partial charge in [-0.05, 0) is 61.6 Å². The summed E-state index contributed by atoms with van der Waals surface area (Å²) in [5.41, 5.74) is 3.66. The molecule has 2 amide bonds. The van der Waals surface area contributed by atoms with Crippen LogP contribution in [0, 0.1) is 0 Å². The van der Waals surface area contributed by atoms with Crippen LogP contribution in [0.4, 0.5) is 5.69 Å². The summed E-state index contributed by atoms with van der Waals surface area (Å²) in [7, 11) is 7.09. The number of methoxy groups -OCH3 is 2. The molecule has 0 aromatic heterocycles. The first kappa shape index (κ1) is 23.8. The van der Waals surface area contributed by atoms with Crippen molar-refractivity contribution < 1.29 is 19.1 Å². The Morgan fingerprint density at radius 2 is 1.45 bits per heavy atom. The Morgan fingerprint density at radius 3 is 2.06 bits per heavy atom. The van der Waals surface area contributed by atoms with Crippen molar-refractivity contribution in [2.75, 3.05) is 33.6 Å². The Hall–Kier alpha value is -3.84. The SMILES string of the molecule is COc1cc(OC)cc(C(=O)NCc2cccc(C(=O)Nc3ccc(CN(C)C)cc3)c2)c1. The van der Waals surface area contributed by atoms with Crippen molar-refractivity contribution in [2.45, 2.75) is 13.1 Å². The summed E-state index contributed by atoms with van der Waals surface area (Å²) >= 11 is 0. The molecule has 3 rings (SSSR count). The average molecular weight is 448 g/mol. The number of nitrogens with zero attached hydrogens (tertiary/aromatic N) is 1. The predicted molar refractivity (Wildman–Crippen MR) is 129 cm³/mol. The number of rotatable bonds is 9. The molecule has 7 nitrogen and oxygen atoms in total. The molecule has 33 heavy (non-hydrogen) atoms. The van der Waals surface area contributed by atoms with E-state index in [4.69, 9.17) is 9.47 Å². The number of ether oxygens (including phenoxy) is 2. The molecule has 0 unspecified atom stereocenters. The third kappa shape index (κ3) is 6.82. The van der Waals surface area contributed by atoms with Crippen LogP contribution in [0.3, 0.4) is 0 Å². The Kier molecular flexibility index (Phi) is 8.05. The van der Waals surface area contributed by atoms with E-state index in [2.05, 4.69) is 15.5 Å². The second kappa shape index (κ2) is 11.2. The zero-order chi connectivity index (χ0) is 23.8. The van der Waals surface area contributed by atoms with E-state index < -0.39 is 0 Å². The van der Waals surface area contributed by atoms with Gasteiger partial charge in [0.1, 0.15) is 11.5 Å². The molecule has 0 aliphatic heterocycles. The van der Waals surface area contributed by atoms with Gasteiger partial charge in [-0.2, -0.15) is 0 Å². The van der Waals surface area contributed by atoms with Gasteiger partial charge in [0.05, 0.1) is 14.2 Å². The summed E-state index contributed by atoms with van der Waals surface area (Å²) in [6.45, 7) is 1.11. The highest BCUT2D eigenvalue weighted by Crippen LogP contribution is 2.22. The number of carbonyl (C=O) groups excluding carboxylic acids is 2. The zero-order valence-electron chi connectivity index (χ0n) is 19.3. The largest absolute Gasteiger partial charge is 0.497 e. The van der Waals surface area contributed by atoms with Crippen LogP contribution in [-0.2, 0) is 13.1 Å². The van der Waals surface area contributed by atoms with Crippen LogP contribution in [0.5, 0.6) is 11.5 Å². The van der Waals surface area contributed by atoms with Crippen LogP contribution < -0.4 is 20.1 Å². The molecule has 0 radical (unpaired) electrons. The number of amides is 2. The highest BCUT2D eigenvalue weighted by molar-refractivity contribution is 6.04. The summed E-state index contributed by atoms with van der Waals surface area (Å²) in [5.74, 6) is 0.599. The minimum Gasteiger partial charge on any atom is -0.497 e. The summed E-state index contributed by atoms with van der Waals surface area (Å²) in [6.07, 6.45) is 0. The quantitative estimate of drug-likeness (QED) is 0.519. The molecule has 3 aromatic rings. The lowest BCUT2D eigenvalue weighted by Crippen LogP contribution is -2.23. The van der Waals surface area contributed by atoms with Crippen LogP contribution in [0.25, 0.3) is 0 Å².